The van der Waals surface area contributed by atoms with Gasteiger partial charge in [0.25, 0.3) is 0 Å². The Balaban J connectivity index is 2.27. The number of H-pyrrole nitrogens is 1. The Hall–Kier alpha value is -2.54. The summed E-state index contributed by atoms with van der Waals surface area (Å²) in [6.45, 7) is 2.77. The van der Waals surface area contributed by atoms with Gasteiger partial charge in [-0.3, -0.25) is 0 Å². The minimum atomic E-state index is -0.508. The molecule has 3 N–H and O–H groups in total. The number of urea groups is 1. The number of hydrogen-bond donors (Lipinski definition) is 3. The molecule has 0 bridgehead atoms. The molecule has 0 aliphatic carbocycles. The zero-order chi connectivity index (χ0) is 15.9. The van der Waals surface area contributed by atoms with E-state index < -0.39 is 12.0 Å². The van der Waals surface area contributed by atoms with Gasteiger partial charge < -0.3 is 25.1 Å². The highest BCUT2D eigenvalue weighted by Gasteiger charge is 2.20. The molecular formula is C15H19N3O4. The minimum Gasteiger partial charge on any atom is -0.461 e. The van der Waals surface area contributed by atoms with Crippen LogP contribution in [-0.4, -0.2) is 43.9 Å². The lowest BCUT2D eigenvalue weighted by Crippen LogP contribution is -2.31. The van der Waals surface area contributed by atoms with Crippen molar-refractivity contribution in [2.75, 3.05) is 32.2 Å². The van der Waals surface area contributed by atoms with Gasteiger partial charge in [-0.25, -0.2) is 9.59 Å². The number of anilines is 1. The number of rotatable bonds is 6. The summed E-state index contributed by atoms with van der Waals surface area (Å²) in [7, 11) is 1.55. The predicted octanol–water partition coefficient (Wildman–Crippen LogP) is 2.11. The summed E-state index contributed by atoms with van der Waals surface area (Å²) in [5, 5.41) is 6.08. The number of aromatic nitrogens is 1. The van der Waals surface area contributed by atoms with E-state index in [9.17, 15) is 9.59 Å². The maximum atomic E-state index is 12.0. The summed E-state index contributed by atoms with van der Waals surface area (Å²) in [6, 6.07) is 6.91. The van der Waals surface area contributed by atoms with Crippen LogP contribution in [0, 0.1) is 0 Å². The number of aromatic amines is 1. The second-order valence-corrected chi connectivity index (χ2v) is 4.51. The minimum absolute atomic E-state index is 0.227. The van der Waals surface area contributed by atoms with Crippen molar-refractivity contribution in [1.82, 2.24) is 10.3 Å². The highest BCUT2D eigenvalue weighted by molar-refractivity contribution is 6.10. The molecule has 1 aromatic carbocycles. The number of hydrogen-bond acceptors (Lipinski definition) is 4. The number of benzene rings is 1. The number of methoxy groups -OCH3 is 1. The van der Waals surface area contributed by atoms with Crippen LogP contribution in [0.25, 0.3) is 10.9 Å². The van der Waals surface area contributed by atoms with E-state index in [1.165, 1.54) is 0 Å². The molecule has 0 saturated carbocycles. The first-order chi connectivity index (χ1) is 10.7. The number of para-hydroxylation sites is 1. The second kappa shape index (κ2) is 7.46. The lowest BCUT2D eigenvalue weighted by molar-refractivity contribution is 0.0522. The summed E-state index contributed by atoms with van der Waals surface area (Å²) in [6.07, 6.45) is 0. The lowest BCUT2D eigenvalue weighted by atomic mass is 10.2. The molecule has 2 amide bonds. The number of fused-ring (bicyclic) bond motifs is 1. The second-order valence-electron chi connectivity index (χ2n) is 4.51. The monoisotopic (exact) mass is 305 g/mol. The molecule has 7 nitrogen and oxygen atoms in total. The summed E-state index contributed by atoms with van der Waals surface area (Å²) in [5.41, 5.74) is 1.38. The highest BCUT2D eigenvalue weighted by atomic mass is 16.5. The predicted molar refractivity (Wildman–Crippen MR) is 83.2 cm³/mol. The van der Waals surface area contributed by atoms with E-state index in [4.69, 9.17) is 9.47 Å². The maximum absolute atomic E-state index is 12.0. The fourth-order valence-corrected chi connectivity index (χ4v) is 2.05. The molecule has 0 fully saturated rings. The summed E-state index contributed by atoms with van der Waals surface area (Å²) in [4.78, 5) is 26.9. The molecule has 0 atom stereocenters. The summed E-state index contributed by atoms with van der Waals surface area (Å²) in [5.74, 6) is -0.508. The third kappa shape index (κ3) is 3.56. The standard InChI is InChI=1S/C15H19N3O4/c1-3-22-14(19)13-12(18-15(20)16-8-9-21-2)10-6-4-5-7-11(10)17-13/h4-7,17H,3,8-9H2,1-2H3,(H2,16,18,20). The third-order valence-corrected chi connectivity index (χ3v) is 3.02. The van der Waals surface area contributed by atoms with Crippen molar-refractivity contribution in [3.63, 3.8) is 0 Å². The van der Waals surface area contributed by atoms with Crippen LogP contribution in [-0.2, 0) is 9.47 Å². The highest BCUT2D eigenvalue weighted by Crippen LogP contribution is 2.28. The molecule has 0 radical (unpaired) electrons. The largest absolute Gasteiger partial charge is 0.461 e. The average molecular weight is 305 g/mol. The zero-order valence-corrected chi connectivity index (χ0v) is 12.6. The molecule has 0 saturated heterocycles. The van der Waals surface area contributed by atoms with Crippen molar-refractivity contribution in [2.45, 2.75) is 6.92 Å². The van der Waals surface area contributed by atoms with E-state index in [1.807, 2.05) is 24.3 Å². The molecule has 118 valence electrons. The lowest BCUT2D eigenvalue weighted by Gasteiger charge is -2.08. The van der Waals surface area contributed by atoms with Crippen LogP contribution in [0.1, 0.15) is 17.4 Å². The van der Waals surface area contributed by atoms with Crippen LogP contribution < -0.4 is 10.6 Å². The van der Waals surface area contributed by atoms with Crippen LogP contribution >= 0.6 is 0 Å². The van der Waals surface area contributed by atoms with Crippen molar-refractivity contribution >= 4 is 28.6 Å². The zero-order valence-electron chi connectivity index (χ0n) is 12.6. The van der Waals surface area contributed by atoms with E-state index in [0.717, 1.165) is 10.9 Å². The van der Waals surface area contributed by atoms with Gasteiger partial charge in [-0.2, -0.15) is 0 Å². The van der Waals surface area contributed by atoms with E-state index in [2.05, 4.69) is 15.6 Å². The first-order valence-electron chi connectivity index (χ1n) is 6.99. The van der Waals surface area contributed by atoms with Gasteiger partial charge in [-0.05, 0) is 13.0 Å². The Kier molecular flexibility index (Phi) is 5.37. The first kappa shape index (κ1) is 15.8. The van der Waals surface area contributed by atoms with E-state index in [0.29, 0.717) is 18.8 Å². The SMILES string of the molecule is CCOC(=O)c1[nH]c2ccccc2c1NC(=O)NCCOC. The Labute approximate surface area is 128 Å². The molecule has 1 aromatic heterocycles. The molecule has 1 heterocycles. The van der Waals surface area contributed by atoms with Crippen LogP contribution in [0.3, 0.4) is 0 Å². The molecule has 7 heteroatoms. The number of ether oxygens (including phenoxy) is 2. The fourth-order valence-electron chi connectivity index (χ4n) is 2.05. The van der Waals surface area contributed by atoms with Crippen LogP contribution in [0.5, 0.6) is 0 Å². The molecule has 0 aliphatic rings. The molecule has 22 heavy (non-hydrogen) atoms. The van der Waals surface area contributed by atoms with Crippen molar-refractivity contribution in [2.24, 2.45) is 0 Å². The van der Waals surface area contributed by atoms with Gasteiger partial charge in [0.15, 0.2) is 0 Å². The van der Waals surface area contributed by atoms with Crippen LogP contribution in [0.2, 0.25) is 0 Å². The van der Waals surface area contributed by atoms with Crippen molar-refractivity contribution in [3.05, 3.63) is 30.0 Å². The Morgan fingerprint density at radius 2 is 2.05 bits per heavy atom. The number of nitrogens with one attached hydrogen (secondary N) is 3. The normalized spacial score (nSPS) is 10.5. The Morgan fingerprint density at radius 3 is 2.77 bits per heavy atom. The fraction of sp³-hybridized carbons (Fsp3) is 0.333. The molecular weight excluding hydrogens is 286 g/mol. The quantitative estimate of drug-likeness (QED) is 0.563. The number of esters is 1. The van der Waals surface area contributed by atoms with E-state index in [-0.39, 0.29) is 12.3 Å². The van der Waals surface area contributed by atoms with Gasteiger partial charge >= 0.3 is 12.0 Å². The van der Waals surface area contributed by atoms with Crippen molar-refractivity contribution in [3.8, 4) is 0 Å². The van der Waals surface area contributed by atoms with Gasteiger partial charge in [0, 0.05) is 24.6 Å². The van der Waals surface area contributed by atoms with Crippen LogP contribution in [0.4, 0.5) is 10.5 Å². The Bertz CT molecular complexity index is 666. The van der Waals surface area contributed by atoms with Crippen LogP contribution in [0.15, 0.2) is 24.3 Å². The van der Waals surface area contributed by atoms with Gasteiger partial charge in [-0.1, -0.05) is 18.2 Å². The molecule has 0 unspecified atom stereocenters. The third-order valence-electron chi connectivity index (χ3n) is 3.02. The topological polar surface area (TPSA) is 92.5 Å². The number of amides is 2. The number of carbonyl (C=O) groups excluding carboxylic acids is 2. The van der Waals surface area contributed by atoms with Gasteiger partial charge in [0.05, 0.1) is 18.9 Å². The van der Waals surface area contributed by atoms with E-state index in [1.54, 1.807) is 14.0 Å². The summed E-state index contributed by atoms with van der Waals surface area (Å²) < 4.78 is 9.89. The molecule has 2 aromatic rings. The van der Waals surface area contributed by atoms with Gasteiger partial charge in [0.1, 0.15) is 5.69 Å². The van der Waals surface area contributed by atoms with Crippen molar-refractivity contribution in [1.29, 1.82) is 0 Å². The smallest absolute Gasteiger partial charge is 0.356 e. The molecule has 0 spiro atoms. The number of carbonyl (C=O) groups is 2. The molecule has 0 aliphatic heterocycles. The summed E-state index contributed by atoms with van der Waals surface area (Å²) >= 11 is 0. The molecule has 2 rings (SSSR count). The van der Waals surface area contributed by atoms with E-state index >= 15 is 0 Å². The Morgan fingerprint density at radius 1 is 1.27 bits per heavy atom. The van der Waals surface area contributed by atoms with Gasteiger partial charge in [0.2, 0.25) is 0 Å². The van der Waals surface area contributed by atoms with Crippen molar-refractivity contribution < 1.29 is 19.1 Å². The first-order valence-corrected chi connectivity index (χ1v) is 6.99. The maximum Gasteiger partial charge on any atom is 0.356 e. The van der Waals surface area contributed by atoms with Gasteiger partial charge in [-0.15, -0.1) is 0 Å². The average Bonchev–Trinajstić information content (AvgIpc) is 2.87.